The third-order valence-corrected chi connectivity index (χ3v) is 4.59. The Kier molecular flexibility index (Phi) is 4.66. The summed E-state index contributed by atoms with van der Waals surface area (Å²) in [4.78, 5) is 19.3. The topological polar surface area (TPSA) is 57.8 Å². The predicted molar refractivity (Wildman–Crippen MR) is 104 cm³/mol. The monoisotopic (exact) mass is 359 g/mol. The summed E-state index contributed by atoms with van der Waals surface area (Å²) in [7, 11) is 0. The summed E-state index contributed by atoms with van der Waals surface area (Å²) in [5.41, 5.74) is 4.19. The van der Waals surface area contributed by atoms with Crippen LogP contribution in [0.3, 0.4) is 0 Å². The lowest BCUT2D eigenvalue weighted by molar-refractivity contribution is 0.0954. The summed E-state index contributed by atoms with van der Waals surface area (Å²) < 4.78 is 13.7. The number of amides is 1. The zero-order chi connectivity index (χ0) is 18.6. The van der Waals surface area contributed by atoms with Gasteiger partial charge in [-0.2, -0.15) is 0 Å². The van der Waals surface area contributed by atoms with Gasteiger partial charge in [0.2, 0.25) is 0 Å². The zero-order valence-electron chi connectivity index (χ0n) is 14.6. The fourth-order valence-corrected chi connectivity index (χ4v) is 3.15. The van der Waals surface area contributed by atoms with E-state index in [0.717, 1.165) is 22.1 Å². The molecule has 5 heteroatoms. The van der Waals surface area contributed by atoms with E-state index in [1.165, 1.54) is 6.07 Å². The van der Waals surface area contributed by atoms with Gasteiger partial charge in [-0.3, -0.25) is 9.78 Å². The molecule has 1 amide bonds. The van der Waals surface area contributed by atoms with Gasteiger partial charge >= 0.3 is 0 Å². The van der Waals surface area contributed by atoms with Crippen molar-refractivity contribution in [3.63, 3.8) is 0 Å². The quantitative estimate of drug-likeness (QED) is 0.557. The van der Waals surface area contributed by atoms with Gasteiger partial charge in [0.05, 0.1) is 5.52 Å². The van der Waals surface area contributed by atoms with Crippen LogP contribution in [-0.2, 0) is 6.42 Å². The first-order valence-electron chi connectivity index (χ1n) is 8.75. The second-order valence-corrected chi connectivity index (χ2v) is 6.30. The molecule has 0 saturated carbocycles. The number of nitrogens with zero attached hydrogens (tertiary/aromatic N) is 1. The molecule has 4 rings (SSSR count). The minimum atomic E-state index is -0.267. The summed E-state index contributed by atoms with van der Waals surface area (Å²) in [5.74, 6) is -0.389. The van der Waals surface area contributed by atoms with Crippen molar-refractivity contribution in [2.24, 2.45) is 0 Å². The Balaban J connectivity index is 1.38. The molecule has 2 heterocycles. The van der Waals surface area contributed by atoms with Crippen LogP contribution in [0.4, 0.5) is 4.39 Å². The fourth-order valence-electron chi connectivity index (χ4n) is 3.15. The van der Waals surface area contributed by atoms with Crippen LogP contribution in [0.15, 0.2) is 73.2 Å². The maximum Gasteiger partial charge on any atom is 0.251 e. The number of aromatic amines is 1. The van der Waals surface area contributed by atoms with E-state index in [-0.39, 0.29) is 11.7 Å². The van der Waals surface area contributed by atoms with Crippen LogP contribution in [0.5, 0.6) is 0 Å². The van der Waals surface area contributed by atoms with Crippen LogP contribution in [0.25, 0.3) is 22.0 Å². The number of fused-ring (bicyclic) bond motifs is 1. The van der Waals surface area contributed by atoms with Crippen molar-refractivity contribution < 1.29 is 9.18 Å². The number of hydrogen-bond donors (Lipinski definition) is 2. The number of benzene rings is 2. The van der Waals surface area contributed by atoms with Crippen LogP contribution in [-0.4, -0.2) is 22.4 Å². The molecule has 0 aliphatic rings. The Morgan fingerprint density at radius 2 is 1.74 bits per heavy atom. The van der Waals surface area contributed by atoms with Crippen molar-refractivity contribution in [3.8, 4) is 11.1 Å². The van der Waals surface area contributed by atoms with Gasteiger partial charge in [-0.05, 0) is 53.4 Å². The fraction of sp³-hybridized carbons (Fsp3) is 0.0909. The van der Waals surface area contributed by atoms with Crippen molar-refractivity contribution in [1.82, 2.24) is 15.3 Å². The Hall–Kier alpha value is -3.47. The number of carbonyl (C=O) groups is 1. The average Bonchev–Trinajstić information content (AvgIpc) is 3.13. The molecular formula is C22H18FN3O. The first-order valence-corrected chi connectivity index (χ1v) is 8.75. The molecule has 4 aromatic rings. The summed E-state index contributed by atoms with van der Waals surface area (Å²) in [6.07, 6.45) is 5.91. The number of halogens is 1. The van der Waals surface area contributed by atoms with E-state index in [9.17, 15) is 9.18 Å². The zero-order valence-corrected chi connectivity index (χ0v) is 14.6. The van der Waals surface area contributed by atoms with Crippen LogP contribution in [0.1, 0.15) is 15.9 Å². The van der Waals surface area contributed by atoms with Gasteiger partial charge in [-0.25, -0.2) is 4.39 Å². The molecule has 0 aliphatic heterocycles. The smallest absolute Gasteiger partial charge is 0.251 e. The predicted octanol–water partition coefficient (Wildman–Crippen LogP) is 4.34. The lowest BCUT2D eigenvalue weighted by atomic mass is 10.0. The van der Waals surface area contributed by atoms with Gasteiger partial charge < -0.3 is 10.3 Å². The molecule has 0 atom stereocenters. The molecule has 2 N–H and O–H groups in total. The first-order chi connectivity index (χ1) is 13.2. The standard InChI is InChI=1S/C22H18FN3O/c23-20-3-1-2-19-18(14-26-21(19)20)10-13-25-22(27)17-6-4-15(5-7-17)16-8-11-24-12-9-16/h1-9,11-12,14,26H,10,13H2,(H,25,27). The van der Waals surface area contributed by atoms with Gasteiger partial charge in [-0.1, -0.05) is 24.3 Å². The van der Waals surface area contributed by atoms with E-state index in [1.807, 2.05) is 42.5 Å². The van der Waals surface area contributed by atoms with Gasteiger partial charge in [0.15, 0.2) is 0 Å². The summed E-state index contributed by atoms with van der Waals surface area (Å²) in [5, 5.41) is 3.77. The van der Waals surface area contributed by atoms with E-state index >= 15 is 0 Å². The SMILES string of the molecule is O=C(NCCc1c[nH]c2c(F)cccc12)c1ccc(-c2ccncc2)cc1. The Bertz CT molecular complexity index is 1070. The van der Waals surface area contributed by atoms with Crippen LogP contribution < -0.4 is 5.32 Å². The van der Waals surface area contributed by atoms with Crippen molar-refractivity contribution >= 4 is 16.8 Å². The number of hydrogen-bond acceptors (Lipinski definition) is 2. The largest absolute Gasteiger partial charge is 0.359 e. The Labute approximate surface area is 156 Å². The highest BCUT2D eigenvalue weighted by Crippen LogP contribution is 2.21. The maximum absolute atomic E-state index is 13.7. The average molecular weight is 359 g/mol. The number of para-hydroxylation sites is 1. The summed E-state index contributed by atoms with van der Waals surface area (Å²) in [6, 6.07) is 16.3. The van der Waals surface area contributed by atoms with E-state index in [1.54, 1.807) is 24.7 Å². The van der Waals surface area contributed by atoms with Crippen molar-refractivity contribution in [1.29, 1.82) is 0 Å². The van der Waals surface area contributed by atoms with E-state index < -0.39 is 0 Å². The van der Waals surface area contributed by atoms with Crippen molar-refractivity contribution in [2.75, 3.05) is 6.54 Å². The van der Waals surface area contributed by atoms with Crippen molar-refractivity contribution in [2.45, 2.75) is 6.42 Å². The Morgan fingerprint density at radius 3 is 2.52 bits per heavy atom. The van der Waals surface area contributed by atoms with Gasteiger partial charge in [0.1, 0.15) is 5.82 Å². The molecule has 0 bridgehead atoms. The molecule has 4 nitrogen and oxygen atoms in total. The second-order valence-electron chi connectivity index (χ2n) is 6.30. The van der Waals surface area contributed by atoms with Gasteiger partial charge in [-0.15, -0.1) is 0 Å². The molecule has 27 heavy (non-hydrogen) atoms. The molecule has 0 saturated heterocycles. The maximum atomic E-state index is 13.7. The van der Waals surface area contributed by atoms with Crippen molar-refractivity contribution in [3.05, 3.63) is 90.1 Å². The van der Waals surface area contributed by atoms with E-state index in [0.29, 0.717) is 24.0 Å². The summed E-state index contributed by atoms with van der Waals surface area (Å²) >= 11 is 0. The number of carbonyl (C=O) groups excluding carboxylic acids is 1. The molecule has 0 fully saturated rings. The van der Waals surface area contributed by atoms with Gasteiger partial charge in [0.25, 0.3) is 5.91 Å². The molecule has 2 aromatic heterocycles. The number of aromatic nitrogens is 2. The van der Waals surface area contributed by atoms with Gasteiger partial charge in [0, 0.05) is 36.1 Å². The first kappa shape index (κ1) is 17.0. The number of nitrogens with one attached hydrogen (secondary N) is 2. The molecule has 134 valence electrons. The minimum Gasteiger partial charge on any atom is -0.359 e. The number of pyridine rings is 1. The third kappa shape index (κ3) is 3.58. The molecule has 2 aromatic carbocycles. The minimum absolute atomic E-state index is 0.123. The molecular weight excluding hydrogens is 341 g/mol. The summed E-state index contributed by atoms with van der Waals surface area (Å²) in [6.45, 7) is 0.481. The third-order valence-electron chi connectivity index (χ3n) is 4.59. The van der Waals surface area contributed by atoms with Crippen LogP contribution in [0.2, 0.25) is 0 Å². The second kappa shape index (κ2) is 7.41. The normalized spacial score (nSPS) is 10.9. The Morgan fingerprint density at radius 1 is 1.00 bits per heavy atom. The molecule has 0 spiro atoms. The lowest BCUT2D eigenvalue weighted by Crippen LogP contribution is -2.25. The molecule has 0 radical (unpaired) electrons. The number of H-pyrrole nitrogens is 1. The van der Waals surface area contributed by atoms with E-state index in [2.05, 4.69) is 15.3 Å². The van der Waals surface area contributed by atoms with Crippen LogP contribution in [0, 0.1) is 5.82 Å². The van der Waals surface area contributed by atoms with Crippen LogP contribution >= 0.6 is 0 Å². The highest BCUT2D eigenvalue weighted by atomic mass is 19.1. The highest BCUT2D eigenvalue weighted by Gasteiger charge is 2.09. The molecule has 0 unspecified atom stereocenters. The lowest BCUT2D eigenvalue weighted by Gasteiger charge is -2.06. The van der Waals surface area contributed by atoms with E-state index in [4.69, 9.17) is 0 Å². The highest BCUT2D eigenvalue weighted by molar-refractivity contribution is 5.94. The molecule has 0 aliphatic carbocycles. The number of rotatable bonds is 5.